The van der Waals surface area contributed by atoms with Gasteiger partial charge < -0.3 is 13.3 Å². The van der Waals surface area contributed by atoms with Gasteiger partial charge in [0.1, 0.15) is 27.9 Å². The van der Waals surface area contributed by atoms with Crippen LogP contribution in [-0.2, 0) is 0 Å². The molecule has 3 heteroatoms. The van der Waals surface area contributed by atoms with E-state index >= 15 is 0 Å². The fourth-order valence-corrected chi connectivity index (χ4v) is 7.09. The Labute approximate surface area is 245 Å². The highest BCUT2D eigenvalue weighted by molar-refractivity contribution is 6.26. The van der Waals surface area contributed by atoms with Crippen molar-refractivity contribution in [1.82, 2.24) is 0 Å². The highest BCUT2D eigenvalue weighted by Crippen LogP contribution is 2.48. The lowest BCUT2D eigenvalue weighted by Gasteiger charge is -2.17. The monoisotopic (exact) mass is 550 g/mol. The molecule has 0 N–H and O–H groups in total. The number of fused-ring (bicyclic) bond motifs is 9. The summed E-state index contributed by atoms with van der Waals surface area (Å²) < 4.78 is 18.9. The summed E-state index contributed by atoms with van der Waals surface area (Å²) >= 11 is 0. The van der Waals surface area contributed by atoms with E-state index in [0.717, 1.165) is 71.5 Å². The van der Waals surface area contributed by atoms with Crippen molar-refractivity contribution < 1.29 is 13.3 Å². The standard InChI is InChI=1S/C40H22O3/c1-3-14-27-25(12-1)38(30-17-9-16-29-23-10-5-8-19-35(23)43-40(29)30)26-13-2-4-15-28(26)39(27)33-22-41-36-21-37-31(20-32(33)36)24-11-6-7-18-34(24)42-37/h1-22H. The minimum atomic E-state index is 0.811. The third-order valence-electron chi connectivity index (χ3n) is 8.95. The van der Waals surface area contributed by atoms with Crippen molar-refractivity contribution in [2.24, 2.45) is 0 Å². The molecule has 0 atom stereocenters. The Morgan fingerprint density at radius 1 is 0.326 bits per heavy atom. The summed E-state index contributed by atoms with van der Waals surface area (Å²) in [5.41, 5.74) is 8.84. The van der Waals surface area contributed by atoms with Crippen molar-refractivity contribution in [3.63, 3.8) is 0 Å². The van der Waals surface area contributed by atoms with Crippen molar-refractivity contribution >= 4 is 76.4 Å². The van der Waals surface area contributed by atoms with Gasteiger partial charge in [-0.15, -0.1) is 0 Å². The van der Waals surface area contributed by atoms with Gasteiger partial charge in [-0.3, -0.25) is 0 Å². The van der Waals surface area contributed by atoms with Crippen LogP contribution in [0.1, 0.15) is 0 Å². The predicted molar refractivity (Wildman–Crippen MR) is 177 cm³/mol. The minimum absolute atomic E-state index is 0.811. The first kappa shape index (κ1) is 22.8. The molecule has 0 aliphatic heterocycles. The maximum absolute atomic E-state index is 6.54. The molecule has 0 amide bonds. The molecule has 0 aliphatic carbocycles. The molecule has 3 aromatic heterocycles. The summed E-state index contributed by atoms with van der Waals surface area (Å²) in [7, 11) is 0. The largest absolute Gasteiger partial charge is 0.464 e. The van der Waals surface area contributed by atoms with Gasteiger partial charge in [0.2, 0.25) is 0 Å². The predicted octanol–water partition coefficient (Wildman–Crippen LogP) is 11.9. The van der Waals surface area contributed by atoms with Crippen molar-refractivity contribution in [3.8, 4) is 22.3 Å². The van der Waals surface area contributed by atoms with Crippen LogP contribution in [0.2, 0.25) is 0 Å². The summed E-state index contributed by atoms with van der Waals surface area (Å²) in [6.07, 6.45) is 1.90. The Morgan fingerprint density at radius 3 is 1.53 bits per heavy atom. The van der Waals surface area contributed by atoms with E-state index in [1.165, 1.54) is 27.1 Å². The quantitative estimate of drug-likeness (QED) is 0.201. The normalized spacial score (nSPS) is 12.2. The maximum Gasteiger partial charge on any atom is 0.143 e. The molecule has 7 aromatic carbocycles. The number of hydrogen-bond donors (Lipinski definition) is 0. The van der Waals surface area contributed by atoms with Gasteiger partial charge in [0.15, 0.2) is 0 Å². The average molecular weight is 551 g/mol. The first-order valence-electron chi connectivity index (χ1n) is 14.5. The molecular weight excluding hydrogens is 528 g/mol. The number of para-hydroxylation sites is 3. The lowest BCUT2D eigenvalue weighted by molar-refractivity contribution is 0.614. The Bertz CT molecular complexity index is 2680. The molecule has 0 fully saturated rings. The van der Waals surface area contributed by atoms with E-state index < -0.39 is 0 Å². The summed E-state index contributed by atoms with van der Waals surface area (Å²) in [6.45, 7) is 0. The third kappa shape index (κ3) is 3.08. The summed E-state index contributed by atoms with van der Waals surface area (Å²) in [5.74, 6) is 0. The van der Waals surface area contributed by atoms with Gasteiger partial charge in [-0.1, -0.05) is 103 Å². The van der Waals surface area contributed by atoms with Crippen molar-refractivity contribution in [1.29, 1.82) is 0 Å². The average Bonchev–Trinajstić information content (AvgIpc) is 3.75. The van der Waals surface area contributed by atoms with Gasteiger partial charge in [0.05, 0.1) is 6.26 Å². The van der Waals surface area contributed by atoms with E-state index in [0.29, 0.717) is 0 Å². The van der Waals surface area contributed by atoms with Crippen LogP contribution in [0.4, 0.5) is 0 Å². The minimum Gasteiger partial charge on any atom is -0.464 e. The topological polar surface area (TPSA) is 39.4 Å². The second-order valence-corrected chi connectivity index (χ2v) is 11.2. The van der Waals surface area contributed by atoms with Crippen LogP contribution in [0, 0.1) is 0 Å². The fraction of sp³-hybridized carbons (Fsp3) is 0. The van der Waals surface area contributed by atoms with Gasteiger partial charge in [-0.05, 0) is 39.7 Å². The molecule has 3 nitrogen and oxygen atoms in total. The molecule has 10 rings (SSSR count). The molecule has 43 heavy (non-hydrogen) atoms. The highest BCUT2D eigenvalue weighted by Gasteiger charge is 2.22. The highest BCUT2D eigenvalue weighted by atomic mass is 16.3. The number of hydrogen-bond acceptors (Lipinski definition) is 3. The van der Waals surface area contributed by atoms with E-state index in [1.54, 1.807) is 0 Å². The summed E-state index contributed by atoms with van der Waals surface area (Å²) in [6, 6.07) is 44.6. The Balaban J connectivity index is 1.34. The van der Waals surface area contributed by atoms with Crippen LogP contribution in [0.15, 0.2) is 147 Å². The van der Waals surface area contributed by atoms with Crippen molar-refractivity contribution in [2.75, 3.05) is 0 Å². The van der Waals surface area contributed by atoms with Crippen LogP contribution >= 0.6 is 0 Å². The van der Waals surface area contributed by atoms with E-state index in [9.17, 15) is 0 Å². The second-order valence-electron chi connectivity index (χ2n) is 11.2. The van der Waals surface area contributed by atoms with Gasteiger partial charge in [-0.2, -0.15) is 0 Å². The Morgan fingerprint density at radius 2 is 0.860 bits per heavy atom. The molecule has 0 bridgehead atoms. The van der Waals surface area contributed by atoms with E-state index in [4.69, 9.17) is 13.3 Å². The van der Waals surface area contributed by atoms with Gasteiger partial charge in [-0.25, -0.2) is 0 Å². The van der Waals surface area contributed by atoms with Crippen LogP contribution in [0.25, 0.3) is 98.6 Å². The molecule has 200 valence electrons. The lowest BCUT2D eigenvalue weighted by atomic mass is 9.85. The Hall–Kier alpha value is -5.80. The lowest BCUT2D eigenvalue weighted by Crippen LogP contribution is -1.90. The third-order valence-corrected chi connectivity index (χ3v) is 8.95. The summed E-state index contributed by atoms with van der Waals surface area (Å²) in [5, 5.41) is 10.2. The van der Waals surface area contributed by atoms with Gasteiger partial charge in [0.25, 0.3) is 0 Å². The fourth-order valence-electron chi connectivity index (χ4n) is 7.09. The van der Waals surface area contributed by atoms with Crippen molar-refractivity contribution in [3.05, 3.63) is 134 Å². The summed E-state index contributed by atoms with van der Waals surface area (Å²) in [4.78, 5) is 0. The zero-order valence-electron chi connectivity index (χ0n) is 22.9. The van der Waals surface area contributed by atoms with Crippen LogP contribution < -0.4 is 0 Å². The number of benzene rings is 7. The molecule has 0 unspecified atom stereocenters. The van der Waals surface area contributed by atoms with E-state index in [1.807, 2.05) is 36.6 Å². The molecule has 0 spiro atoms. The van der Waals surface area contributed by atoms with E-state index in [2.05, 4.69) is 97.1 Å². The first-order valence-corrected chi connectivity index (χ1v) is 14.5. The zero-order valence-corrected chi connectivity index (χ0v) is 22.9. The number of furan rings is 3. The number of rotatable bonds is 2. The SMILES string of the molecule is c1ccc2c(c1)oc1cc3occ(-c4c5ccccc5c(-c5cccc6c5oc5ccccc56)c5ccccc45)c3cc12. The van der Waals surface area contributed by atoms with Crippen molar-refractivity contribution in [2.45, 2.75) is 0 Å². The Kier molecular flexibility index (Phi) is 4.45. The maximum atomic E-state index is 6.54. The second kappa shape index (κ2) is 8.37. The molecule has 0 saturated carbocycles. The van der Waals surface area contributed by atoms with Gasteiger partial charge >= 0.3 is 0 Å². The van der Waals surface area contributed by atoms with Crippen LogP contribution in [0.3, 0.4) is 0 Å². The van der Waals surface area contributed by atoms with E-state index in [-0.39, 0.29) is 0 Å². The molecular formula is C40H22O3. The molecule has 0 radical (unpaired) electrons. The molecule has 0 aliphatic rings. The first-order chi connectivity index (χ1) is 21.3. The molecule has 0 saturated heterocycles. The van der Waals surface area contributed by atoms with Crippen LogP contribution in [-0.4, -0.2) is 0 Å². The molecule has 3 heterocycles. The zero-order chi connectivity index (χ0) is 28.1. The van der Waals surface area contributed by atoms with Crippen LogP contribution in [0.5, 0.6) is 0 Å². The van der Waals surface area contributed by atoms with Gasteiger partial charge in [0, 0.05) is 55.3 Å². The smallest absolute Gasteiger partial charge is 0.143 e. The molecule has 10 aromatic rings.